The van der Waals surface area contributed by atoms with Gasteiger partial charge in [-0.2, -0.15) is 0 Å². The minimum Gasteiger partial charge on any atom is -0.460 e. The standard InChI is InChI=1S/C19H20O3/c1-19(2,3)22-18(20)12-15-13-8-4-6-10-16(13)21-17-11-7-5-9-14(15)17/h4-11,15H,12H2,1-3H3. The smallest absolute Gasteiger partial charge is 0.307 e. The van der Waals surface area contributed by atoms with Crippen molar-refractivity contribution in [3.63, 3.8) is 0 Å². The highest BCUT2D eigenvalue weighted by molar-refractivity contribution is 5.73. The van der Waals surface area contributed by atoms with Crippen molar-refractivity contribution in [1.82, 2.24) is 0 Å². The van der Waals surface area contributed by atoms with Crippen molar-refractivity contribution in [2.24, 2.45) is 0 Å². The molecule has 0 saturated heterocycles. The van der Waals surface area contributed by atoms with Gasteiger partial charge in [0.2, 0.25) is 0 Å². The number of benzene rings is 2. The lowest BCUT2D eigenvalue weighted by Crippen LogP contribution is -2.25. The number of fused-ring (bicyclic) bond motifs is 2. The number of rotatable bonds is 2. The first-order chi connectivity index (χ1) is 10.4. The Hall–Kier alpha value is -2.29. The van der Waals surface area contributed by atoms with Crippen LogP contribution in [0.2, 0.25) is 0 Å². The molecule has 0 unspecified atom stereocenters. The van der Waals surface area contributed by atoms with Crippen LogP contribution in [-0.2, 0) is 9.53 Å². The van der Waals surface area contributed by atoms with E-state index in [2.05, 4.69) is 0 Å². The highest BCUT2D eigenvalue weighted by Crippen LogP contribution is 2.45. The molecule has 0 aromatic heterocycles. The molecule has 1 aliphatic rings. The maximum atomic E-state index is 12.3. The lowest BCUT2D eigenvalue weighted by atomic mass is 9.85. The average molecular weight is 296 g/mol. The van der Waals surface area contributed by atoms with E-state index < -0.39 is 5.60 Å². The summed E-state index contributed by atoms with van der Waals surface area (Å²) >= 11 is 0. The second kappa shape index (κ2) is 5.48. The summed E-state index contributed by atoms with van der Waals surface area (Å²) in [4.78, 5) is 12.3. The third-order valence-corrected chi connectivity index (χ3v) is 3.60. The molecule has 2 aromatic carbocycles. The molecule has 0 bridgehead atoms. The Bertz CT molecular complexity index is 652. The van der Waals surface area contributed by atoms with Gasteiger partial charge >= 0.3 is 5.97 Å². The molecule has 114 valence electrons. The maximum Gasteiger partial charge on any atom is 0.307 e. The molecule has 0 N–H and O–H groups in total. The fraction of sp³-hybridized carbons (Fsp3) is 0.316. The van der Waals surface area contributed by atoms with Gasteiger partial charge in [-0.3, -0.25) is 4.79 Å². The summed E-state index contributed by atoms with van der Waals surface area (Å²) in [5.41, 5.74) is 1.60. The molecule has 22 heavy (non-hydrogen) atoms. The lowest BCUT2D eigenvalue weighted by molar-refractivity contribution is -0.155. The number of ether oxygens (including phenoxy) is 2. The molecule has 1 heterocycles. The third-order valence-electron chi connectivity index (χ3n) is 3.60. The van der Waals surface area contributed by atoms with Gasteiger partial charge in [-0.1, -0.05) is 36.4 Å². The average Bonchev–Trinajstić information content (AvgIpc) is 2.45. The Morgan fingerprint density at radius 3 is 2.00 bits per heavy atom. The monoisotopic (exact) mass is 296 g/mol. The van der Waals surface area contributed by atoms with Crippen molar-refractivity contribution in [3.05, 3.63) is 59.7 Å². The molecule has 3 rings (SSSR count). The number of hydrogen-bond donors (Lipinski definition) is 0. The topological polar surface area (TPSA) is 35.5 Å². The lowest BCUT2D eigenvalue weighted by Gasteiger charge is -2.28. The highest BCUT2D eigenvalue weighted by atomic mass is 16.6. The summed E-state index contributed by atoms with van der Waals surface area (Å²) in [6.07, 6.45) is 0.314. The van der Waals surface area contributed by atoms with Crippen molar-refractivity contribution in [2.45, 2.75) is 38.7 Å². The highest BCUT2D eigenvalue weighted by Gasteiger charge is 2.30. The van der Waals surface area contributed by atoms with Gasteiger partial charge < -0.3 is 9.47 Å². The molecule has 3 nitrogen and oxygen atoms in total. The molecule has 0 fully saturated rings. The van der Waals surface area contributed by atoms with E-state index >= 15 is 0 Å². The normalized spacial score (nSPS) is 13.8. The van der Waals surface area contributed by atoms with Gasteiger partial charge in [0.05, 0.1) is 6.42 Å². The van der Waals surface area contributed by atoms with Gasteiger partial charge in [0.1, 0.15) is 17.1 Å². The number of hydrogen-bond acceptors (Lipinski definition) is 3. The minimum absolute atomic E-state index is 0.0315. The van der Waals surface area contributed by atoms with E-state index in [0.29, 0.717) is 6.42 Å². The van der Waals surface area contributed by atoms with Crippen molar-refractivity contribution >= 4 is 5.97 Å². The fourth-order valence-corrected chi connectivity index (χ4v) is 2.78. The van der Waals surface area contributed by atoms with Crippen molar-refractivity contribution in [2.75, 3.05) is 0 Å². The maximum absolute atomic E-state index is 12.3. The van der Waals surface area contributed by atoms with Crippen molar-refractivity contribution < 1.29 is 14.3 Å². The second-order valence-electron chi connectivity index (χ2n) is 6.52. The third kappa shape index (κ3) is 2.98. The van der Waals surface area contributed by atoms with Crippen LogP contribution >= 0.6 is 0 Å². The van der Waals surface area contributed by atoms with E-state index in [1.54, 1.807) is 0 Å². The zero-order valence-corrected chi connectivity index (χ0v) is 13.1. The summed E-state index contributed by atoms with van der Waals surface area (Å²) in [7, 11) is 0. The van der Waals surface area contributed by atoms with Crippen molar-refractivity contribution in [1.29, 1.82) is 0 Å². The first-order valence-electron chi connectivity index (χ1n) is 7.51. The SMILES string of the molecule is CC(C)(C)OC(=O)CC1c2ccccc2Oc2ccccc21. The van der Waals surface area contributed by atoms with Crippen LogP contribution in [0.4, 0.5) is 0 Å². The van der Waals surface area contributed by atoms with Crippen LogP contribution in [0.5, 0.6) is 11.5 Å². The van der Waals surface area contributed by atoms with Gasteiger partial charge in [-0.05, 0) is 32.9 Å². The van der Waals surface area contributed by atoms with E-state index in [9.17, 15) is 4.79 Å². The molecule has 0 spiro atoms. The van der Waals surface area contributed by atoms with Crippen LogP contribution in [-0.4, -0.2) is 11.6 Å². The molecule has 0 radical (unpaired) electrons. The Morgan fingerprint density at radius 2 is 1.50 bits per heavy atom. The summed E-state index contributed by atoms with van der Waals surface area (Å²) < 4.78 is 11.4. The quantitative estimate of drug-likeness (QED) is 0.756. The molecule has 0 aliphatic carbocycles. The van der Waals surface area contributed by atoms with Crippen LogP contribution in [0, 0.1) is 0 Å². The van der Waals surface area contributed by atoms with E-state index in [0.717, 1.165) is 22.6 Å². The zero-order chi connectivity index (χ0) is 15.7. The van der Waals surface area contributed by atoms with Gasteiger partial charge in [-0.25, -0.2) is 0 Å². The van der Waals surface area contributed by atoms with E-state index in [1.807, 2.05) is 69.3 Å². The Morgan fingerprint density at radius 1 is 1.00 bits per heavy atom. The van der Waals surface area contributed by atoms with Gasteiger partial charge in [0, 0.05) is 17.0 Å². The van der Waals surface area contributed by atoms with Crippen LogP contribution in [0.1, 0.15) is 44.2 Å². The predicted octanol–water partition coefficient (Wildman–Crippen LogP) is 4.66. The number of esters is 1. The van der Waals surface area contributed by atoms with Crippen molar-refractivity contribution in [3.8, 4) is 11.5 Å². The summed E-state index contributed by atoms with van der Waals surface area (Å²) in [5, 5.41) is 0. The summed E-state index contributed by atoms with van der Waals surface area (Å²) in [5.74, 6) is 1.41. The first kappa shape index (κ1) is 14.6. The summed E-state index contributed by atoms with van der Waals surface area (Å²) in [6.45, 7) is 5.66. The molecular weight excluding hydrogens is 276 g/mol. The largest absolute Gasteiger partial charge is 0.460 e. The Kier molecular flexibility index (Phi) is 3.65. The zero-order valence-electron chi connectivity index (χ0n) is 13.1. The molecule has 1 aliphatic heterocycles. The minimum atomic E-state index is -0.471. The molecule has 0 atom stereocenters. The fourth-order valence-electron chi connectivity index (χ4n) is 2.78. The van der Waals surface area contributed by atoms with Crippen LogP contribution in [0.25, 0.3) is 0 Å². The van der Waals surface area contributed by atoms with E-state index in [-0.39, 0.29) is 11.9 Å². The molecule has 0 saturated carbocycles. The second-order valence-corrected chi connectivity index (χ2v) is 6.52. The Balaban J connectivity index is 1.95. The van der Waals surface area contributed by atoms with Crippen LogP contribution < -0.4 is 4.74 Å². The predicted molar refractivity (Wildman–Crippen MR) is 85.3 cm³/mol. The van der Waals surface area contributed by atoms with Gasteiger partial charge in [0.15, 0.2) is 0 Å². The van der Waals surface area contributed by atoms with Crippen LogP contribution in [0.15, 0.2) is 48.5 Å². The Labute approximate surface area is 130 Å². The molecular formula is C19H20O3. The number of carbonyl (C=O) groups is 1. The van der Waals surface area contributed by atoms with E-state index in [1.165, 1.54) is 0 Å². The summed E-state index contributed by atoms with van der Waals surface area (Å²) in [6, 6.07) is 15.7. The van der Waals surface area contributed by atoms with Gasteiger partial charge in [-0.15, -0.1) is 0 Å². The first-order valence-corrected chi connectivity index (χ1v) is 7.51. The molecule has 3 heteroatoms. The molecule has 0 amide bonds. The number of para-hydroxylation sites is 2. The van der Waals surface area contributed by atoms with E-state index in [4.69, 9.17) is 9.47 Å². The van der Waals surface area contributed by atoms with Crippen LogP contribution in [0.3, 0.4) is 0 Å². The van der Waals surface area contributed by atoms with Gasteiger partial charge in [0.25, 0.3) is 0 Å². The number of carbonyl (C=O) groups excluding carboxylic acids is 1. The molecule has 2 aromatic rings.